The minimum atomic E-state index is -4.43. The minimum Gasteiger partial charge on any atom is -0.378 e. The smallest absolute Gasteiger partial charge is 0.378 e. The topological polar surface area (TPSA) is 38.3 Å². The fraction of sp³-hybridized carbons (Fsp3) is 0.562. The Bertz CT molecular complexity index is 573. The monoisotopic (exact) mass is 313 g/mol. The van der Waals surface area contributed by atoms with E-state index in [9.17, 15) is 18.0 Å². The van der Waals surface area contributed by atoms with E-state index in [2.05, 4.69) is 5.32 Å². The van der Waals surface area contributed by atoms with Gasteiger partial charge in [-0.05, 0) is 43.5 Å². The molecule has 1 aromatic carbocycles. The highest BCUT2D eigenvalue weighted by Gasteiger charge is 2.37. The standard InChI is InChI=1S/C16H18F3NO2/c1-9-2-10(4-12(3-9)16(17,18)19)15(21)11-5-13-7-22-8-14(6-11)20-13/h2-4,11,13-14,20H,5-8H2,1H3. The number of carbonyl (C=O) groups is 1. The Morgan fingerprint density at radius 2 is 1.82 bits per heavy atom. The number of nitrogens with one attached hydrogen (secondary N) is 1. The number of halogens is 3. The van der Waals surface area contributed by atoms with Crippen LogP contribution in [-0.4, -0.2) is 31.1 Å². The molecule has 3 rings (SSSR count). The van der Waals surface area contributed by atoms with Gasteiger partial charge in [0.1, 0.15) is 0 Å². The number of carbonyl (C=O) groups excluding carboxylic acids is 1. The zero-order valence-corrected chi connectivity index (χ0v) is 12.2. The number of Topliss-reactive ketones (excluding diaryl/α,β-unsaturated/α-hetero) is 1. The predicted molar refractivity (Wildman–Crippen MR) is 74.8 cm³/mol. The maximum absolute atomic E-state index is 12.9. The van der Waals surface area contributed by atoms with E-state index in [1.54, 1.807) is 13.0 Å². The first-order valence-corrected chi connectivity index (χ1v) is 7.40. The summed E-state index contributed by atoms with van der Waals surface area (Å²) >= 11 is 0. The van der Waals surface area contributed by atoms with Gasteiger partial charge in [0.2, 0.25) is 0 Å². The Kier molecular flexibility index (Phi) is 3.99. The predicted octanol–water partition coefficient (Wildman–Crippen LogP) is 2.96. The van der Waals surface area contributed by atoms with Gasteiger partial charge in [-0.3, -0.25) is 4.79 Å². The quantitative estimate of drug-likeness (QED) is 0.853. The molecule has 2 heterocycles. The number of benzene rings is 1. The number of hydrogen-bond donors (Lipinski definition) is 1. The number of piperidine rings is 1. The molecule has 0 amide bonds. The second-order valence-corrected chi connectivity index (χ2v) is 6.22. The summed E-state index contributed by atoms with van der Waals surface area (Å²) in [4.78, 5) is 12.6. The molecular weight excluding hydrogens is 295 g/mol. The van der Waals surface area contributed by atoms with Gasteiger partial charge >= 0.3 is 6.18 Å². The lowest BCUT2D eigenvalue weighted by Crippen LogP contribution is -2.55. The third-order valence-corrected chi connectivity index (χ3v) is 4.31. The van der Waals surface area contributed by atoms with E-state index in [1.165, 1.54) is 0 Å². The van der Waals surface area contributed by atoms with Gasteiger partial charge in [0.25, 0.3) is 0 Å². The summed E-state index contributed by atoms with van der Waals surface area (Å²) in [6.07, 6.45) is -3.20. The van der Waals surface area contributed by atoms with Gasteiger partial charge in [-0.1, -0.05) is 0 Å². The van der Waals surface area contributed by atoms with Crippen LogP contribution < -0.4 is 5.32 Å². The molecule has 0 saturated carbocycles. The van der Waals surface area contributed by atoms with Gasteiger partial charge in [-0.25, -0.2) is 0 Å². The Morgan fingerprint density at radius 3 is 2.41 bits per heavy atom. The van der Waals surface area contributed by atoms with Gasteiger partial charge in [0.05, 0.1) is 18.8 Å². The van der Waals surface area contributed by atoms with E-state index in [4.69, 9.17) is 4.74 Å². The van der Waals surface area contributed by atoms with Gasteiger partial charge < -0.3 is 10.1 Å². The van der Waals surface area contributed by atoms with Crippen LogP contribution >= 0.6 is 0 Å². The Morgan fingerprint density at radius 1 is 1.18 bits per heavy atom. The molecule has 0 aromatic heterocycles. The number of morpholine rings is 1. The Balaban J connectivity index is 1.84. The van der Waals surface area contributed by atoms with Crippen molar-refractivity contribution >= 4 is 5.78 Å². The molecule has 3 nitrogen and oxygen atoms in total. The number of aryl methyl sites for hydroxylation is 1. The van der Waals surface area contributed by atoms with Crippen molar-refractivity contribution in [1.82, 2.24) is 5.32 Å². The number of alkyl halides is 3. The van der Waals surface area contributed by atoms with Gasteiger partial charge in [-0.2, -0.15) is 13.2 Å². The zero-order valence-electron chi connectivity index (χ0n) is 12.2. The molecule has 0 aliphatic carbocycles. The highest BCUT2D eigenvalue weighted by molar-refractivity contribution is 5.98. The number of hydrogen-bond acceptors (Lipinski definition) is 3. The van der Waals surface area contributed by atoms with Crippen molar-refractivity contribution in [3.63, 3.8) is 0 Å². The van der Waals surface area contributed by atoms with Crippen LogP contribution in [0, 0.1) is 12.8 Å². The zero-order chi connectivity index (χ0) is 15.9. The summed E-state index contributed by atoms with van der Waals surface area (Å²) in [5.41, 5.74) is -0.137. The van der Waals surface area contributed by atoms with Crippen LogP contribution in [0.15, 0.2) is 18.2 Å². The van der Waals surface area contributed by atoms with Crippen LogP contribution in [0.5, 0.6) is 0 Å². The average molecular weight is 313 g/mol. The van der Waals surface area contributed by atoms with Crippen LogP contribution in [0.4, 0.5) is 13.2 Å². The van der Waals surface area contributed by atoms with E-state index in [0.717, 1.165) is 12.1 Å². The maximum atomic E-state index is 12.9. The summed E-state index contributed by atoms with van der Waals surface area (Å²) in [5, 5.41) is 3.38. The first kappa shape index (κ1) is 15.5. The van der Waals surface area contributed by atoms with Crippen LogP contribution in [0.25, 0.3) is 0 Å². The molecule has 2 unspecified atom stereocenters. The number of ketones is 1. The van der Waals surface area contributed by atoms with Crippen LogP contribution in [0.2, 0.25) is 0 Å². The highest BCUT2D eigenvalue weighted by Crippen LogP contribution is 2.33. The number of rotatable bonds is 2. The molecule has 1 aromatic rings. The largest absolute Gasteiger partial charge is 0.416 e. The lowest BCUT2D eigenvalue weighted by atomic mass is 9.81. The molecule has 2 aliphatic heterocycles. The van der Waals surface area contributed by atoms with Gasteiger partial charge in [-0.15, -0.1) is 0 Å². The molecule has 2 bridgehead atoms. The molecule has 1 N–H and O–H groups in total. The molecular formula is C16H18F3NO2. The lowest BCUT2D eigenvalue weighted by molar-refractivity contribution is -0.137. The van der Waals surface area contributed by atoms with Crippen molar-refractivity contribution in [1.29, 1.82) is 0 Å². The van der Waals surface area contributed by atoms with Crippen molar-refractivity contribution in [2.45, 2.75) is 38.0 Å². The Hall–Kier alpha value is -1.40. The summed E-state index contributed by atoms with van der Waals surface area (Å²) in [5.74, 6) is -0.421. The SMILES string of the molecule is Cc1cc(C(=O)C2CC3COCC(C2)N3)cc(C(F)(F)F)c1. The van der Waals surface area contributed by atoms with Gasteiger partial charge in [0, 0.05) is 23.6 Å². The lowest BCUT2D eigenvalue weighted by Gasteiger charge is -2.39. The summed E-state index contributed by atoms with van der Waals surface area (Å²) in [7, 11) is 0. The third kappa shape index (κ3) is 3.17. The van der Waals surface area contributed by atoms with E-state index < -0.39 is 11.7 Å². The highest BCUT2D eigenvalue weighted by atomic mass is 19.4. The van der Waals surface area contributed by atoms with Crippen molar-refractivity contribution in [2.24, 2.45) is 5.92 Å². The first-order valence-electron chi connectivity index (χ1n) is 7.40. The van der Waals surface area contributed by atoms with Crippen molar-refractivity contribution in [3.8, 4) is 0 Å². The summed E-state index contributed by atoms with van der Waals surface area (Å²) < 4.78 is 44.1. The van der Waals surface area contributed by atoms with Crippen LogP contribution in [0.3, 0.4) is 0 Å². The third-order valence-electron chi connectivity index (χ3n) is 4.31. The molecule has 2 atom stereocenters. The van der Waals surface area contributed by atoms with Crippen LogP contribution in [-0.2, 0) is 10.9 Å². The van der Waals surface area contributed by atoms with Gasteiger partial charge in [0.15, 0.2) is 5.78 Å². The summed E-state index contributed by atoms with van der Waals surface area (Å²) in [6, 6.07) is 3.83. The number of fused-ring (bicyclic) bond motifs is 2. The fourth-order valence-electron chi connectivity index (χ4n) is 3.38. The van der Waals surface area contributed by atoms with E-state index in [1.807, 2.05) is 0 Å². The van der Waals surface area contributed by atoms with Crippen LogP contribution in [0.1, 0.15) is 34.3 Å². The molecule has 0 radical (unpaired) electrons. The van der Waals surface area contributed by atoms with E-state index >= 15 is 0 Å². The molecule has 2 fully saturated rings. The normalized spacial score (nSPS) is 28.5. The van der Waals surface area contributed by atoms with E-state index in [-0.39, 0.29) is 29.3 Å². The summed E-state index contributed by atoms with van der Waals surface area (Å²) in [6.45, 7) is 2.70. The molecule has 0 spiro atoms. The number of ether oxygens (including phenoxy) is 1. The molecule has 22 heavy (non-hydrogen) atoms. The first-order chi connectivity index (χ1) is 10.3. The Labute approximate surface area is 126 Å². The molecule has 6 heteroatoms. The fourth-order valence-corrected chi connectivity index (χ4v) is 3.38. The maximum Gasteiger partial charge on any atom is 0.416 e. The minimum absolute atomic E-state index is 0.119. The second kappa shape index (κ2) is 5.66. The molecule has 2 saturated heterocycles. The van der Waals surface area contributed by atoms with Crippen molar-refractivity contribution < 1.29 is 22.7 Å². The second-order valence-electron chi connectivity index (χ2n) is 6.22. The average Bonchev–Trinajstić information content (AvgIpc) is 2.44. The molecule has 120 valence electrons. The van der Waals surface area contributed by atoms with E-state index in [0.29, 0.717) is 31.6 Å². The van der Waals surface area contributed by atoms with Crippen molar-refractivity contribution in [3.05, 3.63) is 34.9 Å². The molecule has 2 aliphatic rings. The van der Waals surface area contributed by atoms with Crippen molar-refractivity contribution in [2.75, 3.05) is 13.2 Å².